The molecule has 0 amide bonds. The monoisotopic (exact) mass is 282 g/mol. The van der Waals surface area contributed by atoms with Crippen molar-refractivity contribution in [2.45, 2.75) is 25.0 Å². The molecule has 2 aromatic rings. The second-order valence-electron chi connectivity index (χ2n) is 5.75. The molecule has 0 bridgehead atoms. The Morgan fingerprint density at radius 3 is 2.43 bits per heavy atom. The van der Waals surface area contributed by atoms with E-state index in [2.05, 4.69) is 48.3 Å². The quantitative estimate of drug-likeness (QED) is 0.935. The summed E-state index contributed by atoms with van der Waals surface area (Å²) in [5.41, 5.74) is 10.2. The lowest BCUT2D eigenvalue weighted by atomic mass is 10.1. The zero-order valence-corrected chi connectivity index (χ0v) is 12.6. The molecular weight excluding hydrogens is 260 g/mol. The van der Waals surface area contributed by atoms with E-state index in [1.807, 2.05) is 12.1 Å². The summed E-state index contributed by atoms with van der Waals surface area (Å²) in [5, 5.41) is 0. The highest BCUT2D eigenvalue weighted by molar-refractivity contribution is 5.37. The number of ether oxygens (including phenoxy) is 1. The van der Waals surface area contributed by atoms with Gasteiger partial charge in [-0.15, -0.1) is 0 Å². The Balaban J connectivity index is 1.75. The minimum Gasteiger partial charge on any atom is -0.497 e. The van der Waals surface area contributed by atoms with Crippen molar-refractivity contribution >= 4 is 0 Å². The van der Waals surface area contributed by atoms with Crippen LogP contribution >= 0.6 is 0 Å². The van der Waals surface area contributed by atoms with Gasteiger partial charge in [0.1, 0.15) is 5.75 Å². The van der Waals surface area contributed by atoms with Crippen molar-refractivity contribution in [1.82, 2.24) is 4.90 Å². The van der Waals surface area contributed by atoms with Crippen LogP contribution in [0.4, 0.5) is 0 Å². The third kappa shape index (κ3) is 2.80. The van der Waals surface area contributed by atoms with E-state index >= 15 is 0 Å². The smallest absolute Gasteiger partial charge is 0.118 e. The topological polar surface area (TPSA) is 38.5 Å². The molecule has 3 heteroatoms. The molecule has 2 N–H and O–H groups in total. The molecule has 110 valence electrons. The lowest BCUT2D eigenvalue weighted by Gasteiger charge is -2.25. The minimum absolute atomic E-state index is 0.157. The Hall–Kier alpha value is -1.84. The average Bonchev–Trinajstić information content (AvgIpc) is 2.86. The van der Waals surface area contributed by atoms with Crippen molar-refractivity contribution < 1.29 is 4.74 Å². The summed E-state index contributed by atoms with van der Waals surface area (Å²) in [6.07, 6.45) is 0.992. The standard InChI is InChI=1S/C18H22N2O/c1-20(12-13-7-9-14(21-2)10-8-13)18-11-17(19)15-5-3-4-6-16(15)18/h3-10,17-18H,11-12,19H2,1-2H3. The van der Waals surface area contributed by atoms with Gasteiger partial charge < -0.3 is 10.5 Å². The summed E-state index contributed by atoms with van der Waals surface area (Å²) in [7, 11) is 3.86. The fraction of sp³-hybridized carbons (Fsp3) is 0.333. The number of hydrogen-bond acceptors (Lipinski definition) is 3. The molecule has 0 spiro atoms. The number of hydrogen-bond donors (Lipinski definition) is 1. The number of fused-ring (bicyclic) bond motifs is 1. The number of benzene rings is 2. The van der Waals surface area contributed by atoms with Crippen LogP contribution in [0.1, 0.15) is 35.2 Å². The molecule has 2 atom stereocenters. The van der Waals surface area contributed by atoms with E-state index < -0.39 is 0 Å². The van der Waals surface area contributed by atoms with Crippen molar-refractivity contribution in [3.05, 3.63) is 65.2 Å². The van der Waals surface area contributed by atoms with E-state index in [0.29, 0.717) is 6.04 Å². The first-order valence-electron chi connectivity index (χ1n) is 7.36. The summed E-state index contributed by atoms with van der Waals surface area (Å²) < 4.78 is 5.20. The second kappa shape index (κ2) is 5.88. The number of nitrogens with zero attached hydrogens (tertiary/aromatic N) is 1. The second-order valence-corrected chi connectivity index (χ2v) is 5.75. The van der Waals surface area contributed by atoms with Crippen molar-refractivity contribution in [2.24, 2.45) is 5.73 Å². The number of methoxy groups -OCH3 is 1. The van der Waals surface area contributed by atoms with Crippen LogP contribution in [-0.4, -0.2) is 19.1 Å². The van der Waals surface area contributed by atoms with E-state index in [-0.39, 0.29) is 6.04 Å². The number of rotatable bonds is 4. The lowest BCUT2D eigenvalue weighted by Crippen LogP contribution is -2.23. The largest absolute Gasteiger partial charge is 0.497 e. The van der Waals surface area contributed by atoms with E-state index in [9.17, 15) is 0 Å². The molecule has 1 aliphatic carbocycles. The maximum atomic E-state index is 6.26. The van der Waals surface area contributed by atoms with Gasteiger partial charge in [-0.1, -0.05) is 36.4 Å². The van der Waals surface area contributed by atoms with Gasteiger partial charge in [-0.2, -0.15) is 0 Å². The molecular formula is C18H22N2O. The molecule has 1 aliphatic rings. The number of nitrogens with two attached hydrogens (primary N) is 1. The first-order chi connectivity index (χ1) is 10.2. The maximum Gasteiger partial charge on any atom is 0.118 e. The van der Waals surface area contributed by atoms with Crippen molar-refractivity contribution in [3.8, 4) is 5.75 Å². The van der Waals surface area contributed by atoms with Gasteiger partial charge in [0.2, 0.25) is 0 Å². The van der Waals surface area contributed by atoms with Crippen LogP contribution in [0.5, 0.6) is 5.75 Å². The zero-order chi connectivity index (χ0) is 14.8. The van der Waals surface area contributed by atoms with E-state index in [1.165, 1.54) is 16.7 Å². The molecule has 2 unspecified atom stereocenters. The molecule has 0 aliphatic heterocycles. The van der Waals surface area contributed by atoms with Gasteiger partial charge in [0.05, 0.1) is 7.11 Å². The fourth-order valence-electron chi connectivity index (χ4n) is 3.19. The maximum absolute atomic E-state index is 6.26. The Kier molecular flexibility index (Phi) is 3.95. The van der Waals surface area contributed by atoms with E-state index in [4.69, 9.17) is 10.5 Å². The molecule has 0 saturated heterocycles. The van der Waals surface area contributed by atoms with Crippen molar-refractivity contribution in [1.29, 1.82) is 0 Å². The minimum atomic E-state index is 0.157. The summed E-state index contributed by atoms with van der Waals surface area (Å²) in [6, 6.07) is 17.4. The van der Waals surface area contributed by atoms with E-state index in [1.54, 1.807) is 7.11 Å². The van der Waals surface area contributed by atoms with Crippen LogP contribution in [0.25, 0.3) is 0 Å². The van der Waals surface area contributed by atoms with Crippen LogP contribution in [0.3, 0.4) is 0 Å². The molecule has 2 aromatic carbocycles. The molecule has 0 heterocycles. The average molecular weight is 282 g/mol. The summed E-state index contributed by atoms with van der Waals surface area (Å²) in [5.74, 6) is 0.898. The molecule has 0 fully saturated rings. The van der Waals surface area contributed by atoms with Gasteiger partial charge in [0.25, 0.3) is 0 Å². The first-order valence-corrected chi connectivity index (χ1v) is 7.36. The van der Waals surface area contributed by atoms with Gasteiger partial charge in [-0.25, -0.2) is 0 Å². The van der Waals surface area contributed by atoms with Crippen LogP contribution in [0, 0.1) is 0 Å². The highest BCUT2D eigenvalue weighted by Gasteiger charge is 2.30. The molecule has 3 rings (SSSR count). The van der Waals surface area contributed by atoms with Gasteiger partial charge >= 0.3 is 0 Å². The van der Waals surface area contributed by atoms with Gasteiger partial charge in [-0.3, -0.25) is 4.90 Å². The molecule has 0 saturated carbocycles. The van der Waals surface area contributed by atoms with Crippen LogP contribution in [0.2, 0.25) is 0 Å². The zero-order valence-electron chi connectivity index (χ0n) is 12.6. The third-order valence-corrected chi connectivity index (χ3v) is 4.35. The van der Waals surface area contributed by atoms with Gasteiger partial charge in [0, 0.05) is 18.6 Å². The summed E-state index contributed by atoms with van der Waals surface area (Å²) >= 11 is 0. The van der Waals surface area contributed by atoms with Crippen LogP contribution < -0.4 is 10.5 Å². The van der Waals surface area contributed by atoms with Crippen molar-refractivity contribution in [3.63, 3.8) is 0 Å². The predicted molar refractivity (Wildman–Crippen MR) is 85.2 cm³/mol. The highest BCUT2D eigenvalue weighted by Crippen LogP contribution is 2.40. The van der Waals surface area contributed by atoms with Gasteiger partial charge in [0.15, 0.2) is 0 Å². The third-order valence-electron chi connectivity index (χ3n) is 4.35. The Morgan fingerprint density at radius 1 is 1.10 bits per heavy atom. The summed E-state index contributed by atoms with van der Waals surface area (Å²) in [6.45, 7) is 0.912. The van der Waals surface area contributed by atoms with Gasteiger partial charge in [-0.05, 0) is 42.3 Å². The summed E-state index contributed by atoms with van der Waals surface area (Å²) in [4.78, 5) is 2.38. The fourth-order valence-corrected chi connectivity index (χ4v) is 3.19. The lowest BCUT2D eigenvalue weighted by molar-refractivity contribution is 0.229. The first kappa shape index (κ1) is 14.1. The predicted octanol–water partition coefficient (Wildman–Crippen LogP) is 3.27. The Bertz CT molecular complexity index is 609. The highest BCUT2D eigenvalue weighted by atomic mass is 16.5. The molecule has 0 aromatic heterocycles. The molecule has 3 nitrogen and oxygen atoms in total. The molecule has 21 heavy (non-hydrogen) atoms. The van der Waals surface area contributed by atoms with Crippen LogP contribution in [0.15, 0.2) is 48.5 Å². The Labute approximate surface area is 126 Å². The normalized spacial score (nSPS) is 20.6. The van der Waals surface area contributed by atoms with Crippen molar-refractivity contribution in [2.75, 3.05) is 14.2 Å². The Morgan fingerprint density at radius 2 is 1.76 bits per heavy atom. The SMILES string of the molecule is COc1ccc(CN(C)C2CC(N)c3ccccc32)cc1. The molecule has 0 radical (unpaired) electrons. The van der Waals surface area contributed by atoms with E-state index in [0.717, 1.165) is 18.7 Å². The van der Waals surface area contributed by atoms with Crippen LogP contribution in [-0.2, 0) is 6.54 Å².